The molecule has 0 radical (unpaired) electrons. The lowest BCUT2D eigenvalue weighted by Crippen LogP contribution is -2.38. The van der Waals surface area contributed by atoms with Gasteiger partial charge in [-0.3, -0.25) is 0 Å². The summed E-state index contributed by atoms with van der Waals surface area (Å²) in [5.41, 5.74) is 6.79. The van der Waals surface area contributed by atoms with E-state index in [0.29, 0.717) is 17.3 Å². The van der Waals surface area contributed by atoms with Crippen molar-refractivity contribution in [2.75, 3.05) is 37.8 Å². The summed E-state index contributed by atoms with van der Waals surface area (Å²) in [5.74, 6) is 0.774. The maximum absolute atomic E-state index is 9.19. The number of hydrogen-bond donors (Lipinski definition) is 1. The molecule has 1 aliphatic rings. The van der Waals surface area contributed by atoms with Crippen molar-refractivity contribution in [3.8, 4) is 6.07 Å². The Hall–Kier alpha value is -1.80. The summed E-state index contributed by atoms with van der Waals surface area (Å²) in [5, 5.41) is 9.19. The third kappa shape index (κ3) is 2.54. The predicted octanol–water partition coefficient (Wildman–Crippen LogP) is 1.07. The Morgan fingerprint density at radius 2 is 2.39 bits per heavy atom. The summed E-state index contributed by atoms with van der Waals surface area (Å²) in [4.78, 5) is 8.76. The number of nitrogens with zero attached hydrogens (tertiary/aromatic N) is 4. The largest absolute Gasteiger partial charge is 0.397 e. The van der Waals surface area contributed by atoms with E-state index in [1.54, 1.807) is 12.3 Å². The van der Waals surface area contributed by atoms with E-state index in [9.17, 15) is 5.26 Å². The van der Waals surface area contributed by atoms with Gasteiger partial charge in [0.1, 0.15) is 11.9 Å². The number of aromatic nitrogens is 1. The van der Waals surface area contributed by atoms with Gasteiger partial charge in [0.25, 0.3) is 0 Å². The Labute approximate surface area is 108 Å². The Bertz CT molecular complexity index is 463. The van der Waals surface area contributed by atoms with Gasteiger partial charge in [-0.15, -0.1) is 0 Å². The van der Waals surface area contributed by atoms with Crippen molar-refractivity contribution in [2.24, 2.45) is 0 Å². The van der Waals surface area contributed by atoms with Crippen LogP contribution in [0.2, 0.25) is 0 Å². The molecular formula is C13H19N5. The standard InChI is InChI=1S/C13H19N5/c1-17(2)9-12-4-3-5-18(12)13-10(7-14)6-11(15)8-16-13/h6,8,12H,3-5,9,15H2,1-2H3. The van der Waals surface area contributed by atoms with E-state index < -0.39 is 0 Å². The second-order valence-electron chi connectivity index (χ2n) is 5.00. The molecule has 1 aromatic heterocycles. The van der Waals surface area contributed by atoms with Crippen molar-refractivity contribution in [3.05, 3.63) is 17.8 Å². The minimum atomic E-state index is 0.434. The average Bonchev–Trinajstić information content (AvgIpc) is 2.76. The number of likely N-dealkylation sites (N-methyl/N-ethyl adjacent to an activating group) is 1. The summed E-state index contributed by atoms with van der Waals surface area (Å²) in [6.45, 7) is 1.95. The molecule has 1 aliphatic heterocycles. The van der Waals surface area contributed by atoms with Gasteiger partial charge in [-0.05, 0) is 33.0 Å². The molecule has 1 atom stereocenters. The van der Waals surface area contributed by atoms with Crippen molar-refractivity contribution >= 4 is 11.5 Å². The van der Waals surface area contributed by atoms with E-state index in [1.165, 1.54) is 0 Å². The number of rotatable bonds is 3. The van der Waals surface area contributed by atoms with Crippen molar-refractivity contribution in [3.63, 3.8) is 0 Å². The fourth-order valence-corrected chi connectivity index (χ4v) is 2.51. The maximum Gasteiger partial charge on any atom is 0.146 e. The van der Waals surface area contributed by atoms with Crippen molar-refractivity contribution in [1.29, 1.82) is 5.26 Å². The molecule has 2 heterocycles. The molecule has 1 saturated heterocycles. The lowest BCUT2D eigenvalue weighted by atomic mass is 10.2. The number of hydrogen-bond acceptors (Lipinski definition) is 5. The molecule has 0 bridgehead atoms. The van der Waals surface area contributed by atoms with Crippen LogP contribution in [0.15, 0.2) is 12.3 Å². The van der Waals surface area contributed by atoms with Gasteiger partial charge >= 0.3 is 0 Å². The van der Waals surface area contributed by atoms with Crippen molar-refractivity contribution in [1.82, 2.24) is 9.88 Å². The molecule has 1 unspecified atom stereocenters. The Kier molecular flexibility index (Phi) is 3.68. The van der Waals surface area contributed by atoms with E-state index >= 15 is 0 Å². The maximum atomic E-state index is 9.19. The van der Waals surface area contributed by atoms with E-state index in [0.717, 1.165) is 31.7 Å². The van der Waals surface area contributed by atoms with Crippen LogP contribution in [0.5, 0.6) is 0 Å². The number of pyridine rings is 1. The molecule has 5 nitrogen and oxygen atoms in total. The molecule has 18 heavy (non-hydrogen) atoms. The van der Waals surface area contributed by atoms with Crippen LogP contribution in [0.1, 0.15) is 18.4 Å². The molecule has 0 aliphatic carbocycles. The second-order valence-corrected chi connectivity index (χ2v) is 5.00. The zero-order valence-corrected chi connectivity index (χ0v) is 10.9. The zero-order chi connectivity index (χ0) is 13.1. The lowest BCUT2D eigenvalue weighted by molar-refractivity contribution is 0.371. The van der Waals surface area contributed by atoms with Crippen LogP contribution < -0.4 is 10.6 Å². The minimum Gasteiger partial charge on any atom is -0.397 e. The third-order valence-corrected chi connectivity index (χ3v) is 3.23. The zero-order valence-electron chi connectivity index (χ0n) is 10.9. The second kappa shape index (κ2) is 5.23. The molecule has 0 amide bonds. The fraction of sp³-hybridized carbons (Fsp3) is 0.538. The first-order valence-electron chi connectivity index (χ1n) is 6.19. The average molecular weight is 245 g/mol. The number of nitrogen functional groups attached to an aromatic ring is 1. The Morgan fingerprint density at radius 3 is 3.06 bits per heavy atom. The van der Waals surface area contributed by atoms with E-state index in [1.807, 2.05) is 0 Å². The molecule has 0 aromatic carbocycles. The van der Waals surface area contributed by atoms with Gasteiger partial charge in [0.05, 0.1) is 17.4 Å². The van der Waals surface area contributed by atoms with Gasteiger partial charge in [-0.2, -0.15) is 5.26 Å². The van der Waals surface area contributed by atoms with Crippen LogP contribution in [0.25, 0.3) is 0 Å². The van der Waals surface area contributed by atoms with Crippen LogP contribution in [-0.4, -0.2) is 43.1 Å². The van der Waals surface area contributed by atoms with Crippen LogP contribution in [0.3, 0.4) is 0 Å². The van der Waals surface area contributed by atoms with Crippen LogP contribution in [0.4, 0.5) is 11.5 Å². The molecule has 5 heteroatoms. The predicted molar refractivity (Wildman–Crippen MR) is 72.3 cm³/mol. The summed E-state index contributed by atoms with van der Waals surface area (Å²) in [6.07, 6.45) is 3.92. The Morgan fingerprint density at radius 1 is 1.61 bits per heavy atom. The SMILES string of the molecule is CN(C)CC1CCCN1c1ncc(N)cc1C#N. The van der Waals surface area contributed by atoms with Crippen LogP contribution in [-0.2, 0) is 0 Å². The molecule has 96 valence electrons. The van der Waals surface area contributed by atoms with Crippen molar-refractivity contribution < 1.29 is 0 Å². The monoisotopic (exact) mass is 245 g/mol. The first-order valence-corrected chi connectivity index (χ1v) is 6.19. The van der Waals surface area contributed by atoms with Gasteiger partial charge in [-0.25, -0.2) is 4.98 Å². The Balaban J connectivity index is 2.27. The minimum absolute atomic E-state index is 0.434. The van der Waals surface area contributed by atoms with E-state index in [2.05, 4.69) is 34.9 Å². The third-order valence-electron chi connectivity index (χ3n) is 3.23. The summed E-state index contributed by atoms with van der Waals surface area (Å²) in [6, 6.07) is 4.32. The van der Waals surface area contributed by atoms with Gasteiger partial charge in [0.2, 0.25) is 0 Å². The van der Waals surface area contributed by atoms with E-state index in [4.69, 9.17) is 5.73 Å². The van der Waals surface area contributed by atoms with Gasteiger partial charge in [-0.1, -0.05) is 0 Å². The highest BCUT2D eigenvalue weighted by atomic mass is 15.3. The first kappa shape index (κ1) is 12.7. The van der Waals surface area contributed by atoms with Crippen molar-refractivity contribution in [2.45, 2.75) is 18.9 Å². The molecule has 1 aromatic rings. The van der Waals surface area contributed by atoms with Gasteiger partial charge in [0.15, 0.2) is 0 Å². The van der Waals surface area contributed by atoms with E-state index in [-0.39, 0.29) is 0 Å². The molecular weight excluding hydrogens is 226 g/mol. The lowest BCUT2D eigenvalue weighted by Gasteiger charge is -2.28. The highest BCUT2D eigenvalue weighted by molar-refractivity contribution is 5.59. The molecule has 0 saturated carbocycles. The number of nitrogens with two attached hydrogens (primary N) is 1. The molecule has 1 fully saturated rings. The summed E-state index contributed by atoms with van der Waals surface area (Å²) in [7, 11) is 4.14. The molecule has 0 spiro atoms. The number of nitriles is 1. The highest BCUT2D eigenvalue weighted by Crippen LogP contribution is 2.27. The first-order chi connectivity index (χ1) is 8.61. The van der Waals surface area contributed by atoms with Crippen LogP contribution in [0, 0.1) is 11.3 Å². The highest BCUT2D eigenvalue weighted by Gasteiger charge is 2.27. The topological polar surface area (TPSA) is 69.2 Å². The smallest absolute Gasteiger partial charge is 0.146 e. The number of anilines is 2. The van der Waals surface area contributed by atoms with Crippen LogP contribution >= 0.6 is 0 Å². The fourth-order valence-electron chi connectivity index (χ4n) is 2.51. The molecule has 2 rings (SSSR count). The van der Waals surface area contributed by atoms with Gasteiger partial charge < -0.3 is 15.5 Å². The quantitative estimate of drug-likeness (QED) is 0.862. The summed E-state index contributed by atoms with van der Waals surface area (Å²) >= 11 is 0. The molecule has 2 N–H and O–H groups in total. The normalized spacial score (nSPS) is 19.2. The summed E-state index contributed by atoms with van der Waals surface area (Å²) < 4.78 is 0. The van der Waals surface area contributed by atoms with Gasteiger partial charge in [0, 0.05) is 19.1 Å².